The Kier molecular flexibility index (Phi) is 3.89. The average Bonchev–Trinajstić information content (AvgIpc) is 2.26. The van der Waals surface area contributed by atoms with Gasteiger partial charge in [-0.05, 0) is 24.6 Å². The van der Waals surface area contributed by atoms with Gasteiger partial charge in [-0.1, -0.05) is 6.07 Å². The minimum Gasteiger partial charge on any atom is -0.481 e. The van der Waals surface area contributed by atoms with Gasteiger partial charge in [0.2, 0.25) is 0 Å². The molecule has 1 atom stereocenters. The Bertz CT molecular complexity index is 606. The third-order valence-corrected chi connectivity index (χ3v) is 3.95. The normalized spacial score (nSPS) is 14.2. The van der Waals surface area contributed by atoms with Crippen LogP contribution in [0.15, 0.2) is 23.1 Å². The highest BCUT2D eigenvalue weighted by Crippen LogP contribution is 2.35. The maximum Gasteiger partial charge on any atom is 0.501 e. The fourth-order valence-electron chi connectivity index (χ4n) is 1.36. The van der Waals surface area contributed by atoms with Gasteiger partial charge in [-0.2, -0.15) is 13.2 Å². The lowest BCUT2D eigenvalue weighted by molar-refractivity contribution is -0.138. The van der Waals surface area contributed by atoms with Crippen molar-refractivity contribution in [3.63, 3.8) is 0 Å². The van der Waals surface area contributed by atoms with E-state index >= 15 is 0 Å². The van der Waals surface area contributed by atoms with Crippen LogP contribution < -0.4 is 0 Å². The largest absolute Gasteiger partial charge is 0.501 e. The molecule has 0 radical (unpaired) electrons. The number of hydrogen-bond donors (Lipinski definition) is 1. The van der Waals surface area contributed by atoms with E-state index in [4.69, 9.17) is 5.11 Å². The van der Waals surface area contributed by atoms with Crippen LogP contribution in [0.1, 0.15) is 18.4 Å². The second-order valence-corrected chi connectivity index (χ2v) is 5.60. The summed E-state index contributed by atoms with van der Waals surface area (Å²) in [6, 6.07) is 1.58. The molecule has 4 nitrogen and oxygen atoms in total. The number of carbonyl (C=O) groups is 1. The lowest BCUT2D eigenvalue weighted by Gasteiger charge is -2.15. The Morgan fingerprint density at radius 2 is 1.84 bits per heavy atom. The maximum absolute atomic E-state index is 13.0. The van der Waals surface area contributed by atoms with Crippen molar-refractivity contribution in [2.75, 3.05) is 0 Å². The summed E-state index contributed by atoms with van der Waals surface area (Å²) in [5.41, 5.74) is -6.25. The van der Waals surface area contributed by atoms with Crippen molar-refractivity contribution in [1.29, 1.82) is 0 Å². The standard InChI is InChI=1S/C10H8F4O4S/c1-5(9(15)16)7-3-2-6(11)4-8(7)19(17,18)10(12,13)14/h2-5H,1H3,(H,15,16). The van der Waals surface area contributed by atoms with Crippen LogP contribution in [0.3, 0.4) is 0 Å². The number of sulfone groups is 1. The van der Waals surface area contributed by atoms with E-state index in [-0.39, 0.29) is 6.07 Å². The lowest BCUT2D eigenvalue weighted by Crippen LogP contribution is -2.25. The van der Waals surface area contributed by atoms with Crippen LogP contribution in [0.2, 0.25) is 0 Å². The highest BCUT2D eigenvalue weighted by molar-refractivity contribution is 7.92. The number of rotatable bonds is 3. The lowest BCUT2D eigenvalue weighted by atomic mass is 10.0. The van der Waals surface area contributed by atoms with Gasteiger partial charge < -0.3 is 5.11 Å². The van der Waals surface area contributed by atoms with Gasteiger partial charge in [0, 0.05) is 0 Å². The highest BCUT2D eigenvalue weighted by Gasteiger charge is 2.48. The summed E-state index contributed by atoms with van der Waals surface area (Å²) in [7, 11) is -5.81. The molecule has 9 heteroatoms. The third kappa shape index (κ3) is 2.86. The topological polar surface area (TPSA) is 71.4 Å². The maximum atomic E-state index is 13.0. The van der Waals surface area contributed by atoms with Gasteiger partial charge in [0.25, 0.3) is 9.84 Å². The molecular formula is C10H8F4O4S. The van der Waals surface area contributed by atoms with Gasteiger partial charge in [0.1, 0.15) is 5.82 Å². The molecule has 0 amide bonds. The van der Waals surface area contributed by atoms with E-state index in [2.05, 4.69) is 0 Å². The van der Waals surface area contributed by atoms with Gasteiger partial charge in [-0.15, -0.1) is 0 Å². The first-order valence-corrected chi connectivity index (χ1v) is 6.30. The Balaban J connectivity index is 3.60. The van der Waals surface area contributed by atoms with Crippen molar-refractivity contribution < 1.29 is 35.9 Å². The van der Waals surface area contributed by atoms with E-state index < -0.39 is 43.5 Å². The number of carboxylic acids is 1. The molecule has 1 N–H and O–H groups in total. The molecule has 0 bridgehead atoms. The fourth-order valence-corrected chi connectivity index (χ4v) is 2.43. The smallest absolute Gasteiger partial charge is 0.481 e. The van der Waals surface area contributed by atoms with Crippen LogP contribution in [0.4, 0.5) is 17.6 Å². The second-order valence-electron chi connectivity index (χ2n) is 3.69. The molecule has 1 aromatic rings. The molecule has 0 spiro atoms. The van der Waals surface area contributed by atoms with E-state index in [1.807, 2.05) is 0 Å². The Labute approximate surface area is 105 Å². The molecule has 0 saturated heterocycles. The van der Waals surface area contributed by atoms with Crippen molar-refractivity contribution in [3.05, 3.63) is 29.6 Å². The SMILES string of the molecule is CC(C(=O)O)c1ccc(F)cc1S(=O)(=O)C(F)(F)F. The summed E-state index contributed by atoms with van der Waals surface area (Å²) in [4.78, 5) is 9.36. The van der Waals surface area contributed by atoms with Gasteiger partial charge in [-0.3, -0.25) is 4.79 Å². The molecule has 1 rings (SSSR count). The third-order valence-electron chi connectivity index (χ3n) is 2.41. The van der Waals surface area contributed by atoms with E-state index in [0.717, 1.165) is 6.92 Å². The number of aliphatic carboxylic acids is 1. The summed E-state index contributed by atoms with van der Waals surface area (Å²) in [6.45, 7) is 1.00. The number of benzene rings is 1. The van der Waals surface area contributed by atoms with E-state index in [1.165, 1.54) is 0 Å². The summed E-state index contributed by atoms with van der Waals surface area (Å²) in [6.07, 6.45) is 0. The van der Waals surface area contributed by atoms with Crippen molar-refractivity contribution in [2.45, 2.75) is 23.2 Å². The molecule has 0 aliphatic carbocycles. The van der Waals surface area contributed by atoms with Crippen LogP contribution in [0, 0.1) is 5.82 Å². The van der Waals surface area contributed by atoms with Crippen LogP contribution in [0.25, 0.3) is 0 Å². The van der Waals surface area contributed by atoms with Crippen molar-refractivity contribution in [2.24, 2.45) is 0 Å². The second kappa shape index (κ2) is 4.80. The van der Waals surface area contributed by atoms with Crippen LogP contribution >= 0.6 is 0 Å². The molecule has 0 saturated carbocycles. The zero-order valence-corrected chi connectivity index (χ0v) is 10.2. The van der Waals surface area contributed by atoms with Crippen LogP contribution in [-0.2, 0) is 14.6 Å². The highest BCUT2D eigenvalue weighted by atomic mass is 32.2. The molecule has 0 aliphatic rings. The van der Waals surface area contributed by atoms with E-state index in [1.54, 1.807) is 0 Å². The molecule has 0 heterocycles. The molecular weight excluding hydrogens is 292 g/mol. The summed E-state index contributed by atoms with van der Waals surface area (Å²) >= 11 is 0. The first-order valence-electron chi connectivity index (χ1n) is 4.82. The predicted octanol–water partition coefficient (Wildman–Crippen LogP) is 2.31. The Hall–Kier alpha value is -1.64. The Morgan fingerprint density at radius 1 is 1.32 bits per heavy atom. The van der Waals surface area contributed by atoms with Crippen LogP contribution in [-0.4, -0.2) is 25.0 Å². The molecule has 19 heavy (non-hydrogen) atoms. The zero-order chi connectivity index (χ0) is 15.0. The number of halogens is 4. The van der Waals surface area contributed by atoms with Crippen LogP contribution in [0.5, 0.6) is 0 Å². The summed E-state index contributed by atoms with van der Waals surface area (Å²) in [5.74, 6) is -4.25. The number of carboxylic acid groups (broad SMARTS) is 1. The molecule has 0 aromatic heterocycles. The quantitative estimate of drug-likeness (QED) is 0.870. The molecule has 0 fully saturated rings. The minimum atomic E-state index is -5.81. The zero-order valence-electron chi connectivity index (χ0n) is 9.40. The summed E-state index contributed by atoms with van der Waals surface area (Å²) < 4.78 is 72.8. The van der Waals surface area contributed by atoms with Gasteiger partial charge in [0.05, 0.1) is 10.8 Å². The first-order chi connectivity index (χ1) is 8.48. The predicted molar refractivity (Wildman–Crippen MR) is 55.7 cm³/mol. The molecule has 1 aromatic carbocycles. The van der Waals surface area contributed by atoms with E-state index in [9.17, 15) is 30.8 Å². The van der Waals surface area contributed by atoms with Crippen molar-refractivity contribution in [1.82, 2.24) is 0 Å². The Morgan fingerprint density at radius 3 is 2.26 bits per heavy atom. The van der Waals surface area contributed by atoms with Gasteiger partial charge in [0.15, 0.2) is 0 Å². The molecule has 0 aliphatic heterocycles. The minimum absolute atomic E-state index is 0.164. The number of hydrogen-bond acceptors (Lipinski definition) is 3. The fraction of sp³-hybridized carbons (Fsp3) is 0.300. The molecule has 1 unspecified atom stereocenters. The average molecular weight is 300 g/mol. The number of alkyl halides is 3. The van der Waals surface area contributed by atoms with Gasteiger partial charge >= 0.3 is 11.5 Å². The van der Waals surface area contributed by atoms with Crippen molar-refractivity contribution in [3.8, 4) is 0 Å². The van der Waals surface area contributed by atoms with Gasteiger partial charge in [-0.25, -0.2) is 12.8 Å². The monoisotopic (exact) mass is 300 g/mol. The first kappa shape index (κ1) is 15.4. The molecule has 106 valence electrons. The summed E-state index contributed by atoms with van der Waals surface area (Å²) in [5, 5.41) is 8.73. The van der Waals surface area contributed by atoms with Crippen molar-refractivity contribution >= 4 is 15.8 Å². The van der Waals surface area contributed by atoms with E-state index in [0.29, 0.717) is 12.1 Å².